The molecule has 1 aliphatic rings. The van der Waals surface area contributed by atoms with Crippen molar-refractivity contribution in [1.29, 1.82) is 0 Å². The molecule has 0 unspecified atom stereocenters. The summed E-state index contributed by atoms with van der Waals surface area (Å²) in [5.74, 6) is -2.70. The largest absolute Gasteiger partial charge is 0.204 e. The lowest BCUT2D eigenvalue weighted by atomic mass is 9.76. The summed E-state index contributed by atoms with van der Waals surface area (Å²) >= 11 is 0. The molecule has 0 radical (unpaired) electrons. The number of fused-ring (bicyclic) bond motifs is 1. The molecule has 3 heteroatoms. The van der Waals surface area contributed by atoms with Crippen LogP contribution in [0.15, 0.2) is 60.7 Å². The lowest BCUT2D eigenvalue weighted by Gasteiger charge is -2.29. The lowest BCUT2D eigenvalue weighted by molar-refractivity contribution is 0.396. The summed E-state index contributed by atoms with van der Waals surface area (Å²) in [5, 5.41) is 0.567. The van der Waals surface area contributed by atoms with Crippen molar-refractivity contribution < 1.29 is 13.2 Å². The molecule has 1 saturated carbocycles. The first-order chi connectivity index (χ1) is 14.1. The maximum atomic E-state index is 14.0. The maximum Gasteiger partial charge on any atom is 0.195 e. The van der Waals surface area contributed by atoms with Gasteiger partial charge in [0, 0.05) is 5.39 Å². The molecule has 0 amide bonds. The second-order valence-corrected chi connectivity index (χ2v) is 8.03. The highest BCUT2D eigenvalue weighted by Crippen LogP contribution is 2.41. The first-order valence-electron chi connectivity index (χ1n) is 10.3. The Balaban J connectivity index is 1.46. The molecule has 0 saturated heterocycles. The normalized spacial score (nSPS) is 19.9. The summed E-state index contributed by atoms with van der Waals surface area (Å²) < 4.78 is 41.0. The summed E-state index contributed by atoms with van der Waals surface area (Å²) in [5.41, 5.74) is 3.81. The van der Waals surface area contributed by atoms with Crippen LogP contribution in [0.5, 0.6) is 0 Å². The molecule has 3 aromatic carbocycles. The Labute approximate surface area is 170 Å². The molecule has 150 valence electrons. The van der Waals surface area contributed by atoms with E-state index in [0.717, 1.165) is 43.7 Å². The third kappa shape index (κ3) is 4.10. The van der Waals surface area contributed by atoms with Crippen LogP contribution in [0, 0.1) is 17.5 Å². The van der Waals surface area contributed by atoms with Gasteiger partial charge in [0.1, 0.15) is 0 Å². The SMILES string of the molecule is CC=CCc1ccc(C2CCC(c3ccc4c(F)c(F)c(F)cc4c3)CC2)cc1. The standard InChI is InChI=1S/C26H25F3/c1-2-3-4-17-5-7-18(8-6-17)19-9-11-20(12-10-19)21-13-14-23-22(15-21)16-24(27)26(29)25(23)28/h2-3,5-8,13-16,19-20H,4,9-12H2,1H3. The third-order valence-electron chi connectivity index (χ3n) is 6.24. The van der Waals surface area contributed by atoms with Crippen LogP contribution in [-0.4, -0.2) is 0 Å². The Morgan fingerprint density at radius 2 is 1.41 bits per heavy atom. The second-order valence-electron chi connectivity index (χ2n) is 8.03. The van der Waals surface area contributed by atoms with Gasteiger partial charge in [0.15, 0.2) is 17.5 Å². The van der Waals surface area contributed by atoms with Crippen molar-refractivity contribution in [2.75, 3.05) is 0 Å². The molecule has 0 aliphatic heterocycles. The number of benzene rings is 3. The van der Waals surface area contributed by atoms with E-state index in [-0.39, 0.29) is 5.39 Å². The van der Waals surface area contributed by atoms with Crippen molar-refractivity contribution in [3.63, 3.8) is 0 Å². The van der Waals surface area contributed by atoms with Gasteiger partial charge in [-0.1, -0.05) is 54.6 Å². The summed E-state index contributed by atoms with van der Waals surface area (Å²) in [7, 11) is 0. The summed E-state index contributed by atoms with van der Waals surface area (Å²) in [6, 6.07) is 15.3. The predicted octanol–water partition coefficient (Wildman–Crippen LogP) is 7.82. The van der Waals surface area contributed by atoms with Crippen molar-refractivity contribution >= 4 is 10.8 Å². The minimum Gasteiger partial charge on any atom is -0.204 e. The molecule has 0 heterocycles. The first-order valence-corrected chi connectivity index (χ1v) is 10.3. The minimum atomic E-state index is -1.40. The van der Waals surface area contributed by atoms with Crippen LogP contribution < -0.4 is 0 Å². The molecule has 29 heavy (non-hydrogen) atoms. The van der Waals surface area contributed by atoms with Crippen molar-refractivity contribution in [2.45, 2.75) is 50.9 Å². The van der Waals surface area contributed by atoms with E-state index in [4.69, 9.17) is 0 Å². The van der Waals surface area contributed by atoms with Crippen LogP contribution in [-0.2, 0) is 6.42 Å². The fourth-order valence-corrected chi connectivity index (χ4v) is 4.52. The molecule has 3 aromatic rings. The van der Waals surface area contributed by atoms with E-state index in [9.17, 15) is 13.2 Å². The predicted molar refractivity (Wildman–Crippen MR) is 113 cm³/mol. The lowest BCUT2D eigenvalue weighted by Crippen LogP contribution is -2.12. The van der Waals surface area contributed by atoms with Crippen LogP contribution in [0.4, 0.5) is 13.2 Å². The highest BCUT2D eigenvalue weighted by Gasteiger charge is 2.24. The first kappa shape index (κ1) is 19.8. The molecule has 4 rings (SSSR count). The summed E-state index contributed by atoms with van der Waals surface area (Å²) in [6.07, 6.45) is 9.49. The number of rotatable bonds is 4. The minimum absolute atomic E-state index is 0.138. The van der Waals surface area contributed by atoms with Crippen LogP contribution in [0.2, 0.25) is 0 Å². The van der Waals surface area contributed by atoms with E-state index < -0.39 is 17.5 Å². The molecular formula is C26H25F3. The third-order valence-corrected chi connectivity index (χ3v) is 6.24. The topological polar surface area (TPSA) is 0 Å². The molecule has 0 bridgehead atoms. The van der Waals surface area contributed by atoms with Gasteiger partial charge in [-0.05, 0) is 79.0 Å². The Morgan fingerprint density at radius 3 is 2.07 bits per heavy atom. The van der Waals surface area contributed by atoms with Gasteiger partial charge < -0.3 is 0 Å². The van der Waals surface area contributed by atoms with Crippen molar-refractivity contribution in [3.05, 3.63) is 94.8 Å². The molecular weight excluding hydrogens is 369 g/mol. The van der Waals surface area contributed by atoms with E-state index in [1.165, 1.54) is 11.1 Å². The van der Waals surface area contributed by atoms with E-state index in [1.807, 2.05) is 19.1 Å². The van der Waals surface area contributed by atoms with Crippen molar-refractivity contribution in [2.24, 2.45) is 0 Å². The zero-order chi connectivity index (χ0) is 20.4. The Hall–Kier alpha value is -2.55. The van der Waals surface area contributed by atoms with Crippen molar-refractivity contribution in [1.82, 2.24) is 0 Å². The molecule has 1 aliphatic carbocycles. The Kier molecular flexibility index (Phi) is 5.75. The van der Waals surface area contributed by atoms with E-state index in [0.29, 0.717) is 17.2 Å². The average Bonchev–Trinajstić information content (AvgIpc) is 2.76. The van der Waals surface area contributed by atoms with Crippen LogP contribution >= 0.6 is 0 Å². The fourth-order valence-electron chi connectivity index (χ4n) is 4.52. The van der Waals surface area contributed by atoms with Gasteiger partial charge in [0.2, 0.25) is 0 Å². The van der Waals surface area contributed by atoms with Gasteiger partial charge in [-0.15, -0.1) is 0 Å². The van der Waals surface area contributed by atoms with E-state index >= 15 is 0 Å². The summed E-state index contributed by atoms with van der Waals surface area (Å²) in [6.45, 7) is 2.04. The maximum absolute atomic E-state index is 14.0. The monoisotopic (exact) mass is 394 g/mol. The Bertz CT molecular complexity index is 1030. The highest BCUT2D eigenvalue weighted by atomic mass is 19.2. The molecule has 0 spiro atoms. The molecule has 1 fully saturated rings. The summed E-state index contributed by atoms with van der Waals surface area (Å²) in [4.78, 5) is 0. The molecule has 0 atom stereocenters. The molecule has 0 nitrogen and oxygen atoms in total. The average molecular weight is 394 g/mol. The van der Waals surface area contributed by atoms with E-state index in [2.05, 4.69) is 36.4 Å². The van der Waals surface area contributed by atoms with Gasteiger partial charge in [0.05, 0.1) is 0 Å². The van der Waals surface area contributed by atoms with Gasteiger partial charge >= 0.3 is 0 Å². The molecule has 0 aromatic heterocycles. The number of hydrogen-bond acceptors (Lipinski definition) is 0. The van der Waals surface area contributed by atoms with Gasteiger partial charge in [0.25, 0.3) is 0 Å². The van der Waals surface area contributed by atoms with Gasteiger partial charge in [-0.3, -0.25) is 0 Å². The number of hydrogen-bond donors (Lipinski definition) is 0. The zero-order valence-electron chi connectivity index (χ0n) is 16.6. The van der Waals surface area contributed by atoms with Crippen molar-refractivity contribution in [3.8, 4) is 0 Å². The number of halogens is 3. The zero-order valence-corrected chi connectivity index (χ0v) is 16.6. The quantitative estimate of drug-likeness (QED) is 0.313. The van der Waals surface area contributed by atoms with Crippen LogP contribution in [0.3, 0.4) is 0 Å². The van der Waals surface area contributed by atoms with Crippen LogP contribution in [0.25, 0.3) is 10.8 Å². The highest BCUT2D eigenvalue weighted by molar-refractivity contribution is 5.84. The second kappa shape index (κ2) is 8.44. The Morgan fingerprint density at radius 1 is 0.793 bits per heavy atom. The molecule has 0 N–H and O–H groups in total. The smallest absolute Gasteiger partial charge is 0.195 e. The van der Waals surface area contributed by atoms with E-state index in [1.54, 1.807) is 6.07 Å². The van der Waals surface area contributed by atoms with Gasteiger partial charge in [-0.2, -0.15) is 0 Å². The van der Waals surface area contributed by atoms with Crippen LogP contribution in [0.1, 0.15) is 61.1 Å². The fraction of sp³-hybridized carbons (Fsp3) is 0.308. The van der Waals surface area contributed by atoms with Gasteiger partial charge in [-0.25, -0.2) is 13.2 Å². The number of allylic oxidation sites excluding steroid dienone is 2.